The molecule has 2 heterocycles. The molecule has 3 aromatic rings. The molecule has 162 valence electrons. The molecule has 1 unspecified atom stereocenters. The van der Waals surface area contributed by atoms with E-state index in [0.29, 0.717) is 29.1 Å². The van der Waals surface area contributed by atoms with Gasteiger partial charge in [0.1, 0.15) is 28.7 Å². The van der Waals surface area contributed by atoms with Gasteiger partial charge >= 0.3 is 6.01 Å². The van der Waals surface area contributed by atoms with Gasteiger partial charge < -0.3 is 29.6 Å². The Morgan fingerprint density at radius 3 is 2.10 bits per heavy atom. The predicted octanol–water partition coefficient (Wildman–Crippen LogP) is 4.24. The molecule has 2 aromatic carbocycles. The number of ether oxygens (including phenoxy) is 4. The lowest BCUT2D eigenvalue weighted by Crippen LogP contribution is -2.29. The second kappa shape index (κ2) is 9.99. The lowest BCUT2D eigenvalue weighted by atomic mass is 10.2. The molecule has 1 aliphatic rings. The number of benzene rings is 2. The zero-order chi connectivity index (χ0) is 21.5. The van der Waals surface area contributed by atoms with Crippen LogP contribution in [0.4, 0.5) is 5.69 Å². The fourth-order valence-electron chi connectivity index (χ4n) is 3.27. The molecule has 0 amide bonds. The first-order chi connectivity index (χ1) is 15.2. The van der Waals surface area contributed by atoms with Crippen LogP contribution in [0, 0.1) is 0 Å². The average Bonchev–Trinajstić information content (AvgIpc) is 3.33. The molecule has 1 saturated heterocycles. The third-order valence-electron chi connectivity index (χ3n) is 4.98. The van der Waals surface area contributed by atoms with E-state index in [1.54, 1.807) is 32.5 Å². The molecule has 1 aromatic heterocycles. The van der Waals surface area contributed by atoms with Crippen LogP contribution in [0.2, 0.25) is 0 Å². The lowest BCUT2D eigenvalue weighted by Gasteiger charge is -2.16. The van der Waals surface area contributed by atoms with Gasteiger partial charge in [-0.25, -0.2) is 4.98 Å². The van der Waals surface area contributed by atoms with E-state index in [1.165, 1.54) is 6.42 Å². The molecule has 8 nitrogen and oxygen atoms in total. The Morgan fingerprint density at radius 2 is 1.52 bits per heavy atom. The molecule has 4 rings (SSSR count). The van der Waals surface area contributed by atoms with Gasteiger partial charge in [-0.1, -0.05) is 0 Å². The van der Waals surface area contributed by atoms with Crippen molar-refractivity contribution in [2.75, 3.05) is 32.6 Å². The molecule has 0 bridgehead atoms. The van der Waals surface area contributed by atoms with Crippen LogP contribution in [-0.4, -0.2) is 43.3 Å². The standard InChI is InChI=1S/C23H26N4O4/c1-28-17-5-9-19(10-6-17)30-22-21(25-14-16-4-3-13-24-16)15-26-23(27-22)31-20-11-7-18(29-2)8-12-20/h5-12,15-16,24-25H,3-4,13-14H2,1-2H3. The van der Waals surface area contributed by atoms with Crippen molar-refractivity contribution in [2.45, 2.75) is 18.9 Å². The lowest BCUT2D eigenvalue weighted by molar-refractivity contribution is 0.402. The molecular formula is C23H26N4O4. The minimum atomic E-state index is 0.193. The highest BCUT2D eigenvalue weighted by Gasteiger charge is 2.16. The highest BCUT2D eigenvalue weighted by atomic mass is 16.5. The van der Waals surface area contributed by atoms with Crippen molar-refractivity contribution < 1.29 is 18.9 Å². The van der Waals surface area contributed by atoms with Gasteiger partial charge in [-0.05, 0) is 67.9 Å². The fraction of sp³-hybridized carbons (Fsp3) is 0.304. The van der Waals surface area contributed by atoms with Crippen LogP contribution in [0.15, 0.2) is 54.7 Å². The predicted molar refractivity (Wildman–Crippen MR) is 118 cm³/mol. The minimum Gasteiger partial charge on any atom is -0.497 e. The van der Waals surface area contributed by atoms with Crippen LogP contribution in [0.3, 0.4) is 0 Å². The van der Waals surface area contributed by atoms with Crippen molar-refractivity contribution in [3.8, 4) is 34.9 Å². The van der Waals surface area contributed by atoms with Crippen molar-refractivity contribution in [1.82, 2.24) is 15.3 Å². The first kappa shape index (κ1) is 20.7. The number of nitrogens with zero attached hydrogens (tertiary/aromatic N) is 2. The van der Waals surface area contributed by atoms with E-state index in [4.69, 9.17) is 18.9 Å². The van der Waals surface area contributed by atoms with Gasteiger partial charge in [0.25, 0.3) is 0 Å². The smallest absolute Gasteiger partial charge is 0.325 e. The number of hydrogen-bond donors (Lipinski definition) is 2. The quantitative estimate of drug-likeness (QED) is 0.529. The maximum absolute atomic E-state index is 6.05. The van der Waals surface area contributed by atoms with Crippen LogP contribution in [0.25, 0.3) is 0 Å². The van der Waals surface area contributed by atoms with E-state index in [-0.39, 0.29) is 6.01 Å². The van der Waals surface area contributed by atoms with Gasteiger partial charge in [0, 0.05) is 12.6 Å². The number of aromatic nitrogens is 2. The summed E-state index contributed by atoms with van der Waals surface area (Å²) >= 11 is 0. The van der Waals surface area contributed by atoms with Gasteiger partial charge in [0.15, 0.2) is 0 Å². The van der Waals surface area contributed by atoms with Crippen molar-refractivity contribution in [1.29, 1.82) is 0 Å². The zero-order valence-electron chi connectivity index (χ0n) is 17.6. The average molecular weight is 422 g/mol. The molecule has 1 aliphatic heterocycles. The van der Waals surface area contributed by atoms with Crippen molar-refractivity contribution in [3.05, 3.63) is 54.7 Å². The van der Waals surface area contributed by atoms with Crippen LogP contribution in [0.1, 0.15) is 12.8 Å². The number of rotatable bonds is 9. The summed E-state index contributed by atoms with van der Waals surface area (Å²) in [5.74, 6) is 3.13. The molecule has 0 aliphatic carbocycles. The second-order valence-electron chi connectivity index (χ2n) is 7.10. The summed E-state index contributed by atoms with van der Waals surface area (Å²) < 4.78 is 22.2. The molecule has 2 N–H and O–H groups in total. The molecular weight excluding hydrogens is 396 g/mol. The highest BCUT2D eigenvalue weighted by molar-refractivity contribution is 5.53. The minimum absolute atomic E-state index is 0.193. The molecule has 31 heavy (non-hydrogen) atoms. The molecule has 1 atom stereocenters. The van der Waals surface area contributed by atoms with E-state index in [9.17, 15) is 0 Å². The van der Waals surface area contributed by atoms with E-state index in [1.807, 2.05) is 36.4 Å². The zero-order valence-corrected chi connectivity index (χ0v) is 17.6. The third kappa shape index (κ3) is 5.55. The molecule has 1 fully saturated rings. The van der Waals surface area contributed by atoms with Gasteiger partial charge in [0.05, 0.1) is 20.4 Å². The summed E-state index contributed by atoms with van der Waals surface area (Å²) in [7, 11) is 3.25. The Kier molecular flexibility index (Phi) is 6.68. The summed E-state index contributed by atoms with van der Waals surface area (Å²) in [5.41, 5.74) is 0.701. The normalized spacial score (nSPS) is 15.4. The van der Waals surface area contributed by atoms with Gasteiger partial charge in [-0.2, -0.15) is 4.98 Å². The topological polar surface area (TPSA) is 86.8 Å². The van der Waals surface area contributed by atoms with Crippen LogP contribution in [0.5, 0.6) is 34.9 Å². The maximum atomic E-state index is 6.05. The van der Waals surface area contributed by atoms with Crippen LogP contribution >= 0.6 is 0 Å². The Hall–Kier alpha value is -3.52. The van der Waals surface area contributed by atoms with Crippen LogP contribution in [-0.2, 0) is 0 Å². The molecule has 0 saturated carbocycles. The van der Waals surface area contributed by atoms with E-state index < -0.39 is 0 Å². The van der Waals surface area contributed by atoms with Crippen molar-refractivity contribution in [3.63, 3.8) is 0 Å². The number of nitrogens with one attached hydrogen (secondary N) is 2. The highest BCUT2D eigenvalue weighted by Crippen LogP contribution is 2.31. The summed E-state index contributed by atoms with van der Waals surface area (Å²) in [5, 5.41) is 6.86. The van der Waals surface area contributed by atoms with Gasteiger partial charge in [-0.3, -0.25) is 0 Å². The van der Waals surface area contributed by atoms with Crippen molar-refractivity contribution in [2.24, 2.45) is 0 Å². The SMILES string of the molecule is COc1ccc(Oc2ncc(NCC3CCCN3)c(Oc3ccc(OC)cc3)n2)cc1. The summed E-state index contributed by atoms with van der Waals surface area (Å²) in [6.07, 6.45) is 4.01. The molecule has 8 heteroatoms. The second-order valence-corrected chi connectivity index (χ2v) is 7.10. The van der Waals surface area contributed by atoms with Gasteiger partial charge in [-0.15, -0.1) is 0 Å². The molecule has 0 spiro atoms. The first-order valence-corrected chi connectivity index (χ1v) is 10.2. The van der Waals surface area contributed by atoms with E-state index >= 15 is 0 Å². The summed E-state index contributed by atoms with van der Waals surface area (Å²) in [6.45, 7) is 1.81. The maximum Gasteiger partial charge on any atom is 0.325 e. The summed E-state index contributed by atoms with van der Waals surface area (Å²) in [6, 6.07) is 15.2. The fourth-order valence-corrected chi connectivity index (χ4v) is 3.27. The van der Waals surface area contributed by atoms with E-state index in [2.05, 4.69) is 20.6 Å². The van der Waals surface area contributed by atoms with Crippen LogP contribution < -0.4 is 29.6 Å². The molecule has 0 radical (unpaired) electrons. The Bertz CT molecular complexity index is 974. The van der Waals surface area contributed by atoms with Gasteiger partial charge in [0.2, 0.25) is 5.88 Å². The number of methoxy groups -OCH3 is 2. The first-order valence-electron chi connectivity index (χ1n) is 10.2. The number of hydrogen-bond acceptors (Lipinski definition) is 8. The van der Waals surface area contributed by atoms with E-state index in [0.717, 1.165) is 31.0 Å². The summed E-state index contributed by atoms with van der Waals surface area (Å²) in [4.78, 5) is 8.84. The Morgan fingerprint density at radius 1 is 0.903 bits per heavy atom. The third-order valence-corrected chi connectivity index (χ3v) is 4.98. The Balaban J connectivity index is 1.53. The largest absolute Gasteiger partial charge is 0.497 e. The number of anilines is 1. The van der Waals surface area contributed by atoms with Crippen molar-refractivity contribution >= 4 is 5.69 Å². The monoisotopic (exact) mass is 422 g/mol. The Labute approximate surface area is 181 Å².